The van der Waals surface area contributed by atoms with Crippen LogP contribution in [0, 0.1) is 6.92 Å². The highest BCUT2D eigenvalue weighted by molar-refractivity contribution is 5.97. The highest BCUT2D eigenvalue weighted by Crippen LogP contribution is 2.25. The van der Waals surface area contributed by atoms with E-state index in [1.165, 1.54) is 7.11 Å². The Kier molecular flexibility index (Phi) is 5.57. The molecule has 0 bridgehead atoms. The smallest absolute Gasteiger partial charge is 0.372 e. The van der Waals surface area contributed by atoms with Crippen LogP contribution in [0.3, 0.4) is 0 Å². The van der Waals surface area contributed by atoms with Crippen LogP contribution in [0.2, 0.25) is 0 Å². The first-order valence-electron chi connectivity index (χ1n) is 6.96. The van der Waals surface area contributed by atoms with Gasteiger partial charge >= 0.3 is 5.97 Å². The molecule has 120 valence electrons. The topological polar surface area (TPSA) is 83.1 Å². The van der Waals surface area contributed by atoms with Gasteiger partial charge in [0.15, 0.2) is 23.9 Å². The maximum atomic E-state index is 11.7. The van der Waals surface area contributed by atoms with E-state index >= 15 is 0 Å². The summed E-state index contributed by atoms with van der Waals surface area (Å²) >= 11 is 0. The van der Waals surface area contributed by atoms with Gasteiger partial charge < -0.3 is 20.0 Å². The number of ether oxygens (including phenoxy) is 2. The molecule has 6 nitrogen and oxygen atoms in total. The third-order valence-corrected chi connectivity index (χ3v) is 3.01. The van der Waals surface area contributed by atoms with Crippen molar-refractivity contribution >= 4 is 11.8 Å². The highest BCUT2D eigenvalue weighted by atomic mass is 16.7. The van der Waals surface area contributed by atoms with Gasteiger partial charge in [0.1, 0.15) is 0 Å². The maximum Gasteiger partial charge on any atom is 0.372 e. The second-order valence-electron chi connectivity index (χ2n) is 4.75. The van der Waals surface area contributed by atoms with Gasteiger partial charge in [-0.1, -0.05) is 47.1 Å². The van der Waals surface area contributed by atoms with E-state index in [0.717, 1.165) is 5.56 Å². The van der Waals surface area contributed by atoms with Crippen molar-refractivity contribution in [3.05, 3.63) is 59.7 Å². The lowest BCUT2D eigenvalue weighted by atomic mass is 10.1. The molecule has 2 aromatic rings. The number of benzene rings is 2. The minimum atomic E-state index is -0.661. The first kappa shape index (κ1) is 16.4. The van der Waals surface area contributed by atoms with E-state index in [4.69, 9.17) is 20.0 Å². The number of nitrogens with two attached hydrogens (primary N) is 1. The lowest BCUT2D eigenvalue weighted by molar-refractivity contribution is -0.146. The molecular weight excluding hydrogens is 296 g/mol. The number of rotatable bonds is 6. The Morgan fingerprint density at radius 3 is 2.39 bits per heavy atom. The summed E-state index contributed by atoms with van der Waals surface area (Å²) in [5.74, 6) is 0.437. The number of hydrogen-bond donors (Lipinski definition) is 1. The molecule has 0 radical (unpaired) electrons. The third-order valence-electron chi connectivity index (χ3n) is 3.01. The average molecular weight is 314 g/mol. The van der Waals surface area contributed by atoms with Gasteiger partial charge in [0, 0.05) is 5.56 Å². The minimum Gasteiger partial charge on any atom is -0.493 e. The zero-order chi connectivity index (χ0) is 16.7. The molecule has 0 heterocycles. The molecule has 0 saturated carbocycles. The fourth-order valence-corrected chi connectivity index (χ4v) is 1.78. The van der Waals surface area contributed by atoms with Crippen LogP contribution in [-0.4, -0.2) is 25.5 Å². The number of carbonyl (C=O) groups excluding carboxylic acids is 1. The van der Waals surface area contributed by atoms with Crippen LogP contribution < -0.4 is 15.2 Å². The zero-order valence-electron chi connectivity index (χ0n) is 13.0. The number of methoxy groups -OCH3 is 1. The van der Waals surface area contributed by atoms with Gasteiger partial charge in [0.25, 0.3) is 0 Å². The molecule has 2 N–H and O–H groups in total. The molecule has 0 saturated heterocycles. The van der Waals surface area contributed by atoms with Gasteiger partial charge in [0.2, 0.25) is 0 Å². The summed E-state index contributed by atoms with van der Waals surface area (Å²) in [5.41, 5.74) is 7.53. The van der Waals surface area contributed by atoms with Gasteiger partial charge in [-0.15, -0.1) is 0 Å². The van der Waals surface area contributed by atoms with Crippen LogP contribution in [0.1, 0.15) is 11.1 Å². The van der Waals surface area contributed by atoms with Crippen molar-refractivity contribution in [2.24, 2.45) is 10.9 Å². The molecule has 0 aliphatic carbocycles. The zero-order valence-corrected chi connectivity index (χ0v) is 13.0. The van der Waals surface area contributed by atoms with Crippen LogP contribution in [0.25, 0.3) is 0 Å². The number of amidine groups is 1. The number of nitrogens with zero attached hydrogens (tertiary/aromatic N) is 1. The summed E-state index contributed by atoms with van der Waals surface area (Å²) in [5, 5.41) is 3.61. The van der Waals surface area contributed by atoms with E-state index < -0.39 is 5.97 Å². The van der Waals surface area contributed by atoms with E-state index in [1.54, 1.807) is 36.4 Å². The van der Waals surface area contributed by atoms with Gasteiger partial charge in [0.05, 0.1) is 7.11 Å². The number of hydrogen-bond acceptors (Lipinski definition) is 5. The van der Waals surface area contributed by atoms with Crippen molar-refractivity contribution in [1.82, 2.24) is 0 Å². The van der Waals surface area contributed by atoms with Crippen molar-refractivity contribution in [2.75, 3.05) is 13.7 Å². The van der Waals surface area contributed by atoms with E-state index in [1.807, 2.05) is 19.1 Å². The minimum absolute atomic E-state index is 0.121. The Balaban J connectivity index is 1.89. The fourth-order valence-electron chi connectivity index (χ4n) is 1.78. The molecule has 0 aliphatic heterocycles. The molecule has 23 heavy (non-hydrogen) atoms. The van der Waals surface area contributed by atoms with Crippen molar-refractivity contribution in [2.45, 2.75) is 6.92 Å². The molecule has 0 unspecified atom stereocenters. The summed E-state index contributed by atoms with van der Waals surface area (Å²) in [4.78, 5) is 16.4. The van der Waals surface area contributed by atoms with Crippen LogP contribution in [-0.2, 0) is 9.63 Å². The number of para-hydroxylation sites is 2. The Labute approximate surface area is 134 Å². The molecule has 0 aromatic heterocycles. The standard InChI is InChI=1S/C17H18N2O4/c1-12-7-9-13(10-8-12)17(18)19-23-16(20)11-22-15-6-4-3-5-14(15)21-2/h3-10H,11H2,1-2H3,(H2,18,19). The highest BCUT2D eigenvalue weighted by Gasteiger charge is 2.08. The predicted molar refractivity (Wildman–Crippen MR) is 86.5 cm³/mol. The largest absolute Gasteiger partial charge is 0.493 e. The van der Waals surface area contributed by atoms with Gasteiger partial charge in [-0.2, -0.15) is 0 Å². The first-order chi connectivity index (χ1) is 11.1. The molecule has 2 aromatic carbocycles. The first-order valence-corrected chi connectivity index (χ1v) is 6.96. The van der Waals surface area contributed by atoms with Crippen molar-refractivity contribution in [1.29, 1.82) is 0 Å². The molecule has 0 aliphatic rings. The van der Waals surface area contributed by atoms with Gasteiger partial charge in [-0.25, -0.2) is 4.79 Å². The molecule has 2 rings (SSSR count). The second kappa shape index (κ2) is 7.84. The predicted octanol–water partition coefficient (Wildman–Crippen LogP) is 2.25. The Morgan fingerprint density at radius 2 is 1.74 bits per heavy atom. The SMILES string of the molecule is COc1ccccc1OCC(=O)ON=C(N)c1ccc(C)cc1. The van der Waals surface area contributed by atoms with Crippen LogP contribution >= 0.6 is 0 Å². The van der Waals surface area contributed by atoms with Crippen molar-refractivity contribution < 1.29 is 19.1 Å². The van der Waals surface area contributed by atoms with E-state index in [9.17, 15) is 4.79 Å². The van der Waals surface area contributed by atoms with Gasteiger partial charge in [-0.3, -0.25) is 0 Å². The number of oxime groups is 1. The summed E-state index contributed by atoms with van der Waals surface area (Å²) in [7, 11) is 1.52. The van der Waals surface area contributed by atoms with E-state index in [0.29, 0.717) is 17.1 Å². The molecule has 0 atom stereocenters. The third kappa shape index (κ3) is 4.74. The summed E-state index contributed by atoms with van der Waals surface area (Å²) in [6.07, 6.45) is 0. The Morgan fingerprint density at radius 1 is 1.09 bits per heavy atom. The van der Waals surface area contributed by atoms with E-state index in [-0.39, 0.29) is 12.4 Å². The van der Waals surface area contributed by atoms with Crippen LogP contribution in [0.15, 0.2) is 53.7 Å². The van der Waals surface area contributed by atoms with Gasteiger partial charge in [-0.05, 0) is 19.1 Å². The van der Waals surface area contributed by atoms with Crippen LogP contribution in [0.4, 0.5) is 0 Å². The van der Waals surface area contributed by atoms with E-state index in [2.05, 4.69) is 5.16 Å². The van der Waals surface area contributed by atoms with Crippen molar-refractivity contribution in [3.63, 3.8) is 0 Å². The monoisotopic (exact) mass is 314 g/mol. The molecule has 6 heteroatoms. The summed E-state index contributed by atoms with van der Waals surface area (Å²) in [6, 6.07) is 14.4. The summed E-state index contributed by atoms with van der Waals surface area (Å²) in [6.45, 7) is 1.66. The Hall–Kier alpha value is -3.02. The van der Waals surface area contributed by atoms with Crippen LogP contribution in [0.5, 0.6) is 11.5 Å². The molecule has 0 amide bonds. The average Bonchev–Trinajstić information content (AvgIpc) is 2.58. The normalized spacial score (nSPS) is 11.0. The lowest BCUT2D eigenvalue weighted by Gasteiger charge is -2.08. The number of aryl methyl sites for hydroxylation is 1. The summed E-state index contributed by atoms with van der Waals surface area (Å²) < 4.78 is 10.5. The fraction of sp³-hybridized carbons (Fsp3) is 0.176. The Bertz CT molecular complexity index is 696. The second-order valence-corrected chi connectivity index (χ2v) is 4.75. The lowest BCUT2D eigenvalue weighted by Crippen LogP contribution is -2.18. The van der Waals surface area contributed by atoms with Crippen molar-refractivity contribution in [3.8, 4) is 11.5 Å². The number of carbonyl (C=O) groups is 1. The molecule has 0 spiro atoms. The molecule has 0 fully saturated rings. The quantitative estimate of drug-likeness (QED) is 0.383. The maximum absolute atomic E-state index is 11.7. The molecular formula is C17H18N2O4.